The lowest BCUT2D eigenvalue weighted by Gasteiger charge is -2.20. The molecule has 0 saturated heterocycles. The second-order valence-electron chi connectivity index (χ2n) is 3.92. The van der Waals surface area contributed by atoms with Gasteiger partial charge in [0.05, 0.1) is 5.69 Å². The summed E-state index contributed by atoms with van der Waals surface area (Å²) < 4.78 is 0. The molecular formula is C11H20N4. The van der Waals surface area contributed by atoms with E-state index in [-0.39, 0.29) is 0 Å². The summed E-state index contributed by atoms with van der Waals surface area (Å²) >= 11 is 0. The fourth-order valence-electron chi connectivity index (χ4n) is 1.26. The van der Waals surface area contributed by atoms with Crippen LogP contribution in [0.3, 0.4) is 0 Å². The summed E-state index contributed by atoms with van der Waals surface area (Å²) in [6.07, 6.45) is 0. The van der Waals surface area contributed by atoms with Gasteiger partial charge in [-0.25, -0.2) is 4.98 Å². The summed E-state index contributed by atoms with van der Waals surface area (Å²) in [7, 11) is 6.18. The maximum atomic E-state index is 5.55. The molecule has 0 spiro atoms. The van der Waals surface area contributed by atoms with Gasteiger partial charge in [0.1, 0.15) is 5.82 Å². The van der Waals surface area contributed by atoms with E-state index in [0.717, 1.165) is 24.6 Å². The number of hydrogen-bond acceptors (Lipinski definition) is 4. The third kappa shape index (κ3) is 3.85. The highest BCUT2D eigenvalue weighted by molar-refractivity contribution is 5.38. The minimum Gasteiger partial charge on any atom is -0.358 e. The van der Waals surface area contributed by atoms with Gasteiger partial charge in [-0.1, -0.05) is 6.07 Å². The third-order valence-electron chi connectivity index (χ3n) is 2.27. The molecule has 0 unspecified atom stereocenters. The Kier molecular flexibility index (Phi) is 4.52. The van der Waals surface area contributed by atoms with Crippen molar-refractivity contribution in [2.24, 2.45) is 5.73 Å². The van der Waals surface area contributed by atoms with Crippen LogP contribution in [0.2, 0.25) is 0 Å². The highest BCUT2D eigenvalue weighted by Crippen LogP contribution is 2.08. The van der Waals surface area contributed by atoms with Crippen molar-refractivity contribution >= 4 is 5.82 Å². The molecular weight excluding hydrogens is 188 g/mol. The molecule has 0 amide bonds. The molecule has 0 aliphatic heterocycles. The van der Waals surface area contributed by atoms with E-state index >= 15 is 0 Å². The summed E-state index contributed by atoms with van der Waals surface area (Å²) in [5.41, 5.74) is 6.49. The van der Waals surface area contributed by atoms with E-state index in [1.165, 1.54) is 0 Å². The Bertz CT molecular complexity index is 298. The molecule has 0 fully saturated rings. The Balaban J connectivity index is 2.60. The first kappa shape index (κ1) is 11.9. The first-order valence-corrected chi connectivity index (χ1v) is 5.15. The van der Waals surface area contributed by atoms with Crippen molar-refractivity contribution in [3.63, 3.8) is 0 Å². The lowest BCUT2D eigenvalue weighted by Crippen LogP contribution is -2.29. The van der Waals surface area contributed by atoms with Gasteiger partial charge in [0, 0.05) is 26.7 Å². The zero-order valence-corrected chi connectivity index (χ0v) is 9.77. The van der Waals surface area contributed by atoms with E-state index in [1.54, 1.807) is 0 Å². The predicted octanol–water partition coefficient (Wildman–Crippen LogP) is 0.538. The van der Waals surface area contributed by atoms with Crippen LogP contribution in [0.5, 0.6) is 0 Å². The molecule has 0 aliphatic carbocycles. The molecule has 0 bridgehead atoms. The fourth-order valence-corrected chi connectivity index (χ4v) is 1.26. The van der Waals surface area contributed by atoms with Crippen LogP contribution < -0.4 is 10.6 Å². The van der Waals surface area contributed by atoms with E-state index in [9.17, 15) is 0 Å². The van der Waals surface area contributed by atoms with Crippen LogP contribution >= 0.6 is 0 Å². The zero-order valence-electron chi connectivity index (χ0n) is 9.77. The van der Waals surface area contributed by atoms with Crippen LogP contribution in [0.4, 0.5) is 5.82 Å². The maximum absolute atomic E-state index is 5.55. The number of pyridine rings is 1. The molecule has 0 saturated carbocycles. The van der Waals surface area contributed by atoms with Gasteiger partial charge in [-0.15, -0.1) is 0 Å². The number of rotatable bonds is 5. The van der Waals surface area contributed by atoms with Crippen LogP contribution in [0.1, 0.15) is 5.69 Å². The van der Waals surface area contributed by atoms with Crippen molar-refractivity contribution in [2.75, 3.05) is 39.1 Å². The minimum atomic E-state index is 0.495. The molecule has 1 aromatic rings. The lowest BCUT2D eigenvalue weighted by molar-refractivity contribution is 0.416. The molecule has 0 atom stereocenters. The molecule has 0 aromatic carbocycles. The smallest absolute Gasteiger partial charge is 0.128 e. The van der Waals surface area contributed by atoms with Crippen LogP contribution in [-0.4, -0.2) is 44.1 Å². The molecule has 0 radical (unpaired) electrons. The predicted molar refractivity (Wildman–Crippen MR) is 64.0 cm³/mol. The standard InChI is InChI=1S/C11H20N4/c1-14(2)7-8-15(3)11-6-4-5-10(9-12)13-11/h4-6H,7-9,12H2,1-3H3. The average Bonchev–Trinajstić information content (AvgIpc) is 2.26. The maximum Gasteiger partial charge on any atom is 0.128 e. The number of hydrogen-bond donors (Lipinski definition) is 1. The van der Waals surface area contributed by atoms with Crippen LogP contribution in [0, 0.1) is 0 Å². The van der Waals surface area contributed by atoms with Gasteiger partial charge in [-0.3, -0.25) is 0 Å². The first-order chi connectivity index (χ1) is 7.13. The van der Waals surface area contributed by atoms with E-state index in [2.05, 4.69) is 28.9 Å². The number of nitrogens with zero attached hydrogens (tertiary/aromatic N) is 3. The molecule has 1 rings (SSSR count). The Morgan fingerprint density at radius 2 is 1.93 bits per heavy atom. The Hall–Kier alpha value is -1.13. The number of likely N-dealkylation sites (N-methyl/N-ethyl adjacent to an activating group) is 2. The average molecular weight is 208 g/mol. The molecule has 1 aromatic heterocycles. The van der Waals surface area contributed by atoms with Gasteiger partial charge in [0.15, 0.2) is 0 Å². The topological polar surface area (TPSA) is 45.4 Å². The third-order valence-corrected chi connectivity index (χ3v) is 2.27. The van der Waals surface area contributed by atoms with Crippen LogP contribution in [0.15, 0.2) is 18.2 Å². The van der Waals surface area contributed by atoms with Crippen molar-refractivity contribution < 1.29 is 0 Å². The summed E-state index contributed by atoms with van der Waals surface area (Å²) in [5, 5.41) is 0. The van der Waals surface area contributed by atoms with Crippen molar-refractivity contribution in [3.05, 3.63) is 23.9 Å². The number of anilines is 1. The van der Waals surface area contributed by atoms with E-state index in [1.807, 2.05) is 25.2 Å². The Morgan fingerprint density at radius 3 is 2.53 bits per heavy atom. The SMILES string of the molecule is CN(C)CCN(C)c1cccc(CN)n1. The highest BCUT2D eigenvalue weighted by Gasteiger charge is 2.03. The quantitative estimate of drug-likeness (QED) is 0.767. The molecule has 4 nitrogen and oxygen atoms in total. The Morgan fingerprint density at radius 1 is 1.20 bits per heavy atom. The highest BCUT2D eigenvalue weighted by atomic mass is 15.2. The largest absolute Gasteiger partial charge is 0.358 e. The molecule has 0 aliphatic rings. The monoisotopic (exact) mass is 208 g/mol. The molecule has 1 heterocycles. The molecule has 15 heavy (non-hydrogen) atoms. The van der Waals surface area contributed by atoms with Gasteiger partial charge >= 0.3 is 0 Å². The second-order valence-corrected chi connectivity index (χ2v) is 3.92. The summed E-state index contributed by atoms with van der Waals surface area (Å²) in [6, 6.07) is 5.95. The van der Waals surface area contributed by atoms with Gasteiger partial charge in [0.25, 0.3) is 0 Å². The fraction of sp³-hybridized carbons (Fsp3) is 0.545. The summed E-state index contributed by atoms with van der Waals surface area (Å²) in [4.78, 5) is 8.75. The minimum absolute atomic E-state index is 0.495. The van der Waals surface area contributed by atoms with E-state index in [4.69, 9.17) is 5.73 Å². The zero-order chi connectivity index (χ0) is 11.3. The Labute approximate surface area is 91.7 Å². The van der Waals surface area contributed by atoms with Crippen molar-refractivity contribution in [1.82, 2.24) is 9.88 Å². The van der Waals surface area contributed by atoms with Crippen LogP contribution in [0.25, 0.3) is 0 Å². The van der Waals surface area contributed by atoms with Gasteiger partial charge in [-0.05, 0) is 26.2 Å². The van der Waals surface area contributed by atoms with E-state index in [0.29, 0.717) is 6.54 Å². The van der Waals surface area contributed by atoms with Gasteiger partial charge in [0.2, 0.25) is 0 Å². The van der Waals surface area contributed by atoms with Crippen molar-refractivity contribution in [2.45, 2.75) is 6.54 Å². The van der Waals surface area contributed by atoms with Crippen LogP contribution in [-0.2, 0) is 6.54 Å². The second kappa shape index (κ2) is 5.68. The first-order valence-electron chi connectivity index (χ1n) is 5.15. The van der Waals surface area contributed by atoms with E-state index < -0.39 is 0 Å². The lowest BCUT2D eigenvalue weighted by atomic mass is 10.3. The van der Waals surface area contributed by atoms with Crippen molar-refractivity contribution in [1.29, 1.82) is 0 Å². The normalized spacial score (nSPS) is 10.7. The number of nitrogens with two attached hydrogens (primary N) is 1. The molecule has 84 valence electrons. The van der Waals surface area contributed by atoms with Gasteiger partial charge in [-0.2, -0.15) is 0 Å². The number of aromatic nitrogens is 1. The summed E-state index contributed by atoms with van der Waals surface area (Å²) in [5.74, 6) is 0.986. The van der Waals surface area contributed by atoms with Crippen molar-refractivity contribution in [3.8, 4) is 0 Å². The summed E-state index contributed by atoms with van der Waals surface area (Å²) in [6.45, 7) is 2.48. The molecule has 2 N–H and O–H groups in total. The van der Waals surface area contributed by atoms with Gasteiger partial charge < -0.3 is 15.5 Å². The molecule has 4 heteroatoms.